The molecule has 0 atom stereocenters. The molecule has 0 aromatic carbocycles. The van der Waals surface area contributed by atoms with E-state index in [0.717, 1.165) is 31.2 Å². The van der Waals surface area contributed by atoms with E-state index >= 15 is 0 Å². The molecule has 0 aliphatic heterocycles. The SMILES string of the molecule is Cn1cc2c(c1)C(=O)C1(CCC1)CC2. The van der Waals surface area contributed by atoms with E-state index in [1.54, 1.807) is 0 Å². The number of rotatable bonds is 0. The van der Waals surface area contributed by atoms with Gasteiger partial charge in [0, 0.05) is 30.4 Å². The number of aryl methyl sites for hydroxylation is 2. The predicted octanol–water partition coefficient (Wildman–Crippen LogP) is 2.32. The first-order chi connectivity index (χ1) is 6.71. The fourth-order valence-electron chi connectivity index (χ4n) is 2.90. The Morgan fingerprint density at radius 1 is 1.29 bits per heavy atom. The van der Waals surface area contributed by atoms with Crippen LogP contribution in [0.1, 0.15) is 41.6 Å². The Kier molecular flexibility index (Phi) is 1.48. The molecule has 0 bridgehead atoms. The van der Waals surface area contributed by atoms with E-state index < -0.39 is 0 Å². The highest BCUT2D eigenvalue weighted by Crippen LogP contribution is 2.50. The largest absolute Gasteiger partial charge is 0.356 e. The lowest BCUT2D eigenvalue weighted by molar-refractivity contribution is 0.0556. The molecule has 2 aliphatic rings. The Labute approximate surface area is 83.9 Å². The Morgan fingerprint density at radius 2 is 2.07 bits per heavy atom. The molecule has 0 amide bonds. The van der Waals surface area contributed by atoms with Gasteiger partial charge < -0.3 is 4.57 Å². The van der Waals surface area contributed by atoms with Crippen molar-refractivity contribution in [3.63, 3.8) is 0 Å². The number of nitrogens with zero attached hydrogens (tertiary/aromatic N) is 1. The highest BCUT2D eigenvalue weighted by molar-refractivity contribution is 6.03. The van der Waals surface area contributed by atoms with Crippen LogP contribution in [0.4, 0.5) is 0 Å². The Bertz CT molecular complexity index is 398. The van der Waals surface area contributed by atoms with Gasteiger partial charge >= 0.3 is 0 Å². The molecule has 2 heteroatoms. The van der Waals surface area contributed by atoms with Crippen LogP contribution < -0.4 is 0 Å². The van der Waals surface area contributed by atoms with Crippen molar-refractivity contribution in [3.05, 3.63) is 23.5 Å². The summed E-state index contributed by atoms with van der Waals surface area (Å²) in [5, 5.41) is 0. The maximum absolute atomic E-state index is 12.2. The molecule has 2 nitrogen and oxygen atoms in total. The number of aromatic nitrogens is 1. The van der Waals surface area contributed by atoms with Gasteiger partial charge in [0.2, 0.25) is 0 Å². The minimum Gasteiger partial charge on any atom is -0.356 e. The first-order valence-electron chi connectivity index (χ1n) is 5.41. The Morgan fingerprint density at radius 3 is 2.71 bits per heavy atom. The Hall–Kier alpha value is -1.05. The van der Waals surface area contributed by atoms with E-state index in [1.165, 1.54) is 12.0 Å². The van der Waals surface area contributed by atoms with E-state index in [0.29, 0.717) is 5.78 Å². The van der Waals surface area contributed by atoms with Crippen LogP contribution in [-0.4, -0.2) is 10.4 Å². The molecule has 74 valence electrons. The van der Waals surface area contributed by atoms with Crippen LogP contribution in [0, 0.1) is 5.41 Å². The van der Waals surface area contributed by atoms with E-state index in [2.05, 4.69) is 6.20 Å². The van der Waals surface area contributed by atoms with Gasteiger partial charge in [-0.15, -0.1) is 0 Å². The second-order valence-corrected chi connectivity index (χ2v) is 4.83. The number of carbonyl (C=O) groups excluding carboxylic acids is 1. The minimum atomic E-state index is 0.0638. The lowest BCUT2D eigenvalue weighted by Crippen LogP contribution is -2.41. The number of ketones is 1. The van der Waals surface area contributed by atoms with Gasteiger partial charge in [-0.25, -0.2) is 0 Å². The zero-order chi connectivity index (χ0) is 9.76. The fourth-order valence-corrected chi connectivity index (χ4v) is 2.90. The van der Waals surface area contributed by atoms with Crippen molar-refractivity contribution in [1.82, 2.24) is 4.57 Å². The van der Waals surface area contributed by atoms with Gasteiger partial charge in [0.25, 0.3) is 0 Å². The molecule has 1 aromatic heterocycles. The summed E-state index contributed by atoms with van der Waals surface area (Å²) in [7, 11) is 2.00. The quantitative estimate of drug-likeness (QED) is 0.614. The molecule has 14 heavy (non-hydrogen) atoms. The summed E-state index contributed by atoms with van der Waals surface area (Å²) in [5.74, 6) is 0.422. The van der Waals surface area contributed by atoms with Crippen LogP contribution in [-0.2, 0) is 13.5 Å². The van der Waals surface area contributed by atoms with Gasteiger partial charge in [-0.2, -0.15) is 0 Å². The van der Waals surface area contributed by atoms with Crippen LogP contribution in [0.2, 0.25) is 0 Å². The lowest BCUT2D eigenvalue weighted by atomic mass is 9.59. The van der Waals surface area contributed by atoms with Crippen molar-refractivity contribution in [3.8, 4) is 0 Å². The highest BCUT2D eigenvalue weighted by atomic mass is 16.1. The number of Topliss-reactive ketones (excluding diaryl/α,β-unsaturated/α-hetero) is 1. The molecule has 2 aliphatic carbocycles. The smallest absolute Gasteiger partial charge is 0.170 e. The van der Waals surface area contributed by atoms with E-state index in [4.69, 9.17) is 0 Å². The standard InChI is InChI=1S/C12H15NO/c1-13-7-9-3-6-12(4-2-5-12)11(14)10(9)8-13/h7-8H,2-6H2,1H3. The van der Waals surface area contributed by atoms with Crippen LogP contribution in [0.3, 0.4) is 0 Å². The van der Waals surface area contributed by atoms with E-state index in [-0.39, 0.29) is 5.41 Å². The zero-order valence-corrected chi connectivity index (χ0v) is 8.55. The zero-order valence-electron chi connectivity index (χ0n) is 8.55. The lowest BCUT2D eigenvalue weighted by Gasteiger charge is -2.42. The topological polar surface area (TPSA) is 22.0 Å². The van der Waals surface area contributed by atoms with Gasteiger partial charge in [0.15, 0.2) is 5.78 Å². The maximum Gasteiger partial charge on any atom is 0.170 e. The summed E-state index contributed by atoms with van der Waals surface area (Å²) in [6, 6.07) is 0. The van der Waals surface area contributed by atoms with Gasteiger partial charge in [-0.3, -0.25) is 4.79 Å². The predicted molar refractivity (Wildman–Crippen MR) is 54.3 cm³/mol. The Balaban J connectivity index is 2.06. The summed E-state index contributed by atoms with van der Waals surface area (Å²) in [4.78, 5) is 12.2. The molecule has 1 spiro atoms. The second-order valence-electron chi connectivity index (χ2n) is 4.83. The van der Waals surface area contributed by atoms with Gasteiger partial charge in [-0.1, -0.05) is 6.42 Å². The summed E-state index contributed by atoms with van der Waals surface area (Å²) in [6.45, 7) is 0. The third kappa shape index (κ3) is 0.887. The molecule has 1 aromatic rings. The number of hydrogen-bond donors (Lipinski definition) is 0. The molecule has 3 rings (SSSR count). The minimum absolute atomic E-state index is 0.0638. The molecular weight excluding hydrogens is 174 g/mol. The molecule has 0 N–H and O–H groups in total. The first kappa shape index (κ1) is 8.27. The van der Waals surface area contributed by atoms with Crippen LogP contribution in [0.25, 0.3) is 0 Å². The second kappa shape index (κ2) is 2.50. The van der Waals surface area contributed by atoms with Gasteiger partial charge in [-0.05, 0) is 31.2 Å². The maximum atomic E-state index is 12.2. The average Bonchev–Trinajstić information content (AvgIpc) is 2.44. The molecule has 1 saturated carbocycles. The summed E-state index contributed by atoms with van der Waals surface area (Å²) >= 11 is 0. The highest BCUT2D eigenvalue weighted by Gasteiger charge is 2.46. The first-order valence-corrected chi connectivity index (χ1v) is 5.41. The van der Waals surface area contributed by atoms with Crippen molar-refractivity contribution in [2.75, 3.05) is 0 Å². The molecule has 0 radical (unpaired) electrons. The number of carbonyl (C=O) groups is 1. The molecule has 1 fully saturated rings. The monoisotopic (exact) mass is 189 g/mol. The molecule has 1 heterocycles. The van der Waals surface area contributed by atoms with E-state index in [9.17, 15) is 4.79 Å². The molecule has 0 saturated heterocycles. The van der Waals surface area contributed by atoms with Crippen LogP contribution >= 0.6 is 0 Å². The van der Waals surface area contributed by atoms with Gasteiger partial charge in [0.05, 0.1) is 0 Å². The molecule has 0 unspecified atom stereocenters. The van der Waals surface area contributed by atoms with Crippen LogP contribution in [0.5, 0.6) is 0 Å². The van der Waals surface area contributed by atoms with Crippen molar-refractivity contribution in [2.45, 2.75) is 32.1 Å². The third-order valence-electron chi connectivity index (χ3n) is 3.95. The fraction of sp³-hybridized carbons (Fsp3) is 0.583. The third-order valence-corrected chi connectivity index (χ3v) is 3.95. The van der Waals surface area contributed by atoms with Crippen molar-refractivity contribution in [1.29, 1.82) is 0 Å². The van der Waals surface area contributed by atoms with E-state index in [1.807, 2.05) is 17.8 Å². The molecular formula is C12H15NO. The summed E-state index contributed by atoms with van der Waals surface area (Å²) in [6.07, 6.45) is 9.77. The average molecular weight is 189 g/mol. The van der Waals surface area contributed by atoms with Crippen molar-refractivity contribution in [2.24, 2.45) is 12.5 Å². The van der Waals surface area contributed by atoms with Crippen molar-refractivity contribution < 1.29 is 4.79 Å². The summed E-state index contributed by atoms with van der Waals surface area (Å²) in [5.41, 5.74) is 2.32. The normalized spacial score (nSPS) is 23.4. The van der Waals surface area contributed by atoms with Gasteiger partial charge in [0.1, 0.15) is 0 Å². The number of hydrogen-bond acceptors (Lipinski definition) is 1. The summed E-state index contributed by atoms with van der Waals surface area (Å²) < 4.78 is 2.01. The van der Waals surface area contributed by atoms with Crippen LogP contribution in [0.15, 0.2) is 12.4 Å². The number of fused-ring (bicyclic) bond motifs is 1. The van der Waals surface area contributed by atoms with Crippen molar-refractivity contribution >= 4 is 5.78 Å².